The molecule has 2 rings (SSSR count). The summed E-state index contributed by atoms with van der Waals surface area (Å²) in [5.74, 6) is -0.150. The molecule has 0 fully saturated rings. The number of amides is 1. The van der Waals surface area contributed by atoms with Crippen molar-refractivity contribution in [2.24, 2.45) is 5.73 Å². The van der Waals surface area contributed by atoms with Crippen LogP contribution in [0.3, 0.4) is 0 Å². The smallest absolute Gasteiger partial charge is 0.228 e. The third-order valence-electron chi connectivity index (χ3n) is 2.95. The molecule has 0 bridgehead atoms. The number of carbonyl (C=O) groups is 1. The maximum absolute atomic E-state index is 12.0. The molecule has 1 aromatic carbocycles. The van der Waals surface area contributed by atoms with Gasteiger partial charge in [0.2, 0.25) is 11.0 Å². The van der Waals surface area contributed by atoms with E-state index in [9.17, 15) is 4.79 Å². The van der Waals surface area contributed by atoms with E-state index in [-0.39, 0.29) is 36.2 Å². The minimum atomic E-state index is -0.318. The Hall–Kier alpha value is -1.50. The molecule has 120 valence electrons. The molecule has 1 atom stereocenters. The predicted molar refractivity (Wildman–Crippen MR) is 92.5 cm³/mol. The van der Waals surface area contributed by atoms with Crippen molar-refractivity contribution in [2.75, 3.05) is 5.32 Å². The Kier molecular flexibility index (Phi) is 6.47. The lowest BCUT2D eigenvalue weighted by Gasteiger charge is -2.12. The van der Waals surface area contributed by atoms with Gasteiger partial charge in [0.05, 0.1) is 0 Å². The lowest BCUT2D eigenvalue weighted by atomic mass is 9.98. The first-order valence-electron chi connectivity index (χ1n) is 6.80. The summed E-state index contributed by atoms with van der Waals surface area (Å²) < 4.78 is 0. The van der Waals surface area contributed by atoms with Crippen molar-refractivity contribution in [1.82, 2.24) is 10.2 Å². The molecule has 0 aliphatic carbocycles. The fraction of sp³-hybridized carbons (Fsp3) is 0.400. The van der Waals surface area contributed by atoms with Crippen molar-refractivity contribution in [2.45, 2.75) is 38.6 Å². The van der Waals surface area contributed by atoms with Crippen LogP contribution < -0.4 is 11.1 Å². The van der Waals surface area contributed by atoms with Crippen LogP contribution in [-0.4, -0.2) is 16.1 Å². The summed E-state index contributed by atoms with van der Waals surface area (Å²) in [6, 6.07) is 9.26. The summed E-state index contributed by atoms with van der Waals surface area (Å²) in [4.78, 5) is 12.0. The second-order valence-electron chi connectivity index (χ2n) is 5.93. The van der Waals surface area contributed by atoms with E-state index in [2.05, 4.69) is 36.3 Å². The van der Waals surface area contributed by atoms with Gasteiger partial charge in [-0.2, -0.15) is 0 Å². The van der Waals surface area contributed by atoms with Gasteiger partial charge in [0.1, 0.15) is 5.01 Å². The molecule has 0 aliphatic heterocycles. The van der Waals surface area contributed by atoms with Crippen molar-refractivity contribution in [3.05, 3.63) is 40.9 Å². The first-order valence-corrected chi connectivity index (χ1v) is 7.62. The molecule has 0 spiro atoms. The summed E-state index contributed by atoms with van der Waals surface area (Å²) >= 11 is 1.40. The fourth-order valence-corrected chi connectivity index (χ4v) is 2.58. The largest absolute Gasteiger partial charge is 0.324 e. The van der Waals surface area contributed by atoms with Crippen LogP contribution in [0.5, 0.6) is 0 Å². The average Bonchev–Trinajstić information content (AvgIpc) is 2.88. The van der Waals surface area contributed by atoms with Gasteiger partial charge in [-0.3, -0.25) is 4.79 Å². The topological polar surface area (TPSA) is 80.9 Å². The summed E-state index contributed by atoms with van der Waals surface area (Å²) in [7, 11) is 0. The molecule has 0 saturated carbocycles. The Morgan fingerprint density at radius 1 is 1.27 bits per heavy atom. The maximum Gasteiger partial charge on any atom is 0.228 e. The van der Waals surface area contributed by atoms with E-state index >= 15 is 0 Å². The van der Waals surface area contributed by atoms with Crippen LogP contribution in [-0.2, 0) is 10.2 Å². The standard InChI is InChI=1S/C15H20N4OS.ClH/c1-15(2,3)13-18-19-14(21-13)17-12(20)9-11(16)10-7-5-4-6-8-10;/h4-8,11H,9,16H2,1-3H3,(H,17,19,20);1H. The normalized spacial score (nSPS) is 12.4. The zero-order chi connectivity index (χ0) is 15.5. The third-order valence-corrected chi connectivity index (χ3v) is 4.21. The quantitative estimate of drug-likeness (QED) is 0.894. The summed E-state index contributed by atoms with van der Waals surface area (Å²) in [5, 5.41) is 12.3. The van der Waals surface area contributed by atoms with Gasteiger partial charge in [0.25, 0.3) is 0 Å². The highest BCUT2D eigenvalue weighted by Crippen LogP contribution is 2.27. The monoisotopic (exact) mass is 340 g/mol. The van der Waals surface area contributed by atoms with Crippen molar-refractivity contribution in [1.29, 1.82) is 0 Å². The van der Waals surface area contributed by atoms with E-state index in [1.165, 1.54) is 11.3 Å². The second-order valence-corrected chi connectivity index (χ2v) is 6.91. The molecule has 1 aromatic heterocycles. The minimum absolute atomic E-state index is 0. The molecule has 1 unspecified atom stereocenters. The molecular weight excluding hydrogens is 320 g/mol. The number of halogens is 1. The van der Waals surface area contributed by atoms with Crippen molar-refractivity contribution in [3.63, 3.8) is 0 Å². The SMILES string of the molecule is CC(C)(C)c1nnc(NC(=O)CC(N)c2ccccc2)s1.Cl. The summed E-state index contributed by atoms with van der Waals surface area (Å²) in [6.45, 7) is 6.18. The van der Waals surface area contributed by atoms with Crippen LogP contribution in [0, 0.1) is 0 Å². The molecule has 1 amide bonds. The molecule has 7 heteroatoms. The average molecular weight is 341 g/mol. The Morgan fingerprint density at radius 2 is 1.91 bits per heavy atom. The van der Waals surface area contributed by atoms with Crippen LogP contribution in [0.15, 0.2) is 30.3 Å². The second kappa shape index (κ2) is 7.67. The van der Waals surface area contributed by atoms with Crippen LogP contribution >= 0.6 is 23.7 Å². The highest BCUT2D eigenvalue weighted by Gasteiger charge is 2.20. The highest BCUT2D eigenvalue weighted by atomic mass is 35.5. The van der Waals surface area contributed by atoms with Gasteiger partial charge in [-0.15, -0.1) is 22.6 Å². The predicted octanol–water partition coefficient (Wildman–Crippen LogP) is 3.29. The molecule has 0 aliphatic rings. The number of benzene rings is 1. The van der Waals surface area contributed by atoms with Gasteiger partial charge in [-0.05, 0) is 5.56 Å². The van der Waals surface area contributed by atoms with E-state index in [1.807, 2.05) is 30.3 Å². The van der Waals surface area contributed by atoms with Gasteiger partial charge < -0.3 is 11.1 Å². The van der Waals surface area contributed by atoms with E-state index in [0.717, 1.165) is 10.6 Å². The van der Waals surface area contributed by atoms with Crippen molar-refractivity contribution >= 4 is 34.8 Å². The highest BCUT2D eigenvalue weighted by molar-refractivity contribution is 7.15. The number of anilines is 1. The number of nitrogens with one attached hydrogen (secondary N) is 1. The van der Waals surface area contributed by atoms with Crippen LogP contribution in [0.2, 0.25) is 0 Å². The first kappa shape index (κ1) is 18.5. The van der Waals surface area contributed by atoms with E-state index < -0.39 is 0 Å². The number of carbonyl (C=O) groups excluding carboxylic acids is 1. The molecule has 5 nitrogen and oxygen atoms in total. The van der Waals surface area contributed by atoms with Crippen LogP contribution in [0.25, 0.3) is 0 Å². The van der Waals surface area contributed by atoms with Gasteiger partial charge in [0, 0.05) is 17.9 Å². The van der Waals surface area contributed by atoms with Gasteiger partial charge in [-0.25, -0.2) is 0 Å². The Bertz CT molecular complexity index is 610. The number of hydrogen-bond donors (Lipinski definition) is 2. The Labute approximate surface area is 140 Å². The van der Waals surface area contributed by atoms with Gasteiger partial charge in [-0.1, -0.05) is 62.4 Å². The lowest BCUT2D eigenvalue weighted by Crippen LogP contribution is -2.20. The lowest BCUT2D eigenvalue weighted by molar-refractivity contribution is -0.116. The van der Waals surface area contributed by atoms with Gasteiger partial charge in [0.15, 0.2) is 0 Å². The molecule has 3 N–H and O–H groups in total. The van der Waals surface area contributed by atoms with Crippen molar-refractivity contribution < 1.29 is 4.79 Å². The number of nitrogens with zero attached hydrogens (tertiary/aromatic N) is 2. The van der Waals surface area contributed by atoms with E-state index in [4.69, 9.17) is 5.73 Å². The fourth-order valence-electron chi connectivity index (χ4n) is 1.76. The number of aromatic nitrogens is 2. The molecule has 1 heterocycles. The summed E-state index contributed by atoms with van der Waals surface area (Å²) in [5.41, 5.74) is 6.91. The zero-order valence-corrected chi connectivity index (χ0v) is 14.5. The van der Waals surface area contributed by atoms with E-state index in [1.54, 1.807) is 0 Å². The number of hydrogen-bond acceptors (Lipinski definition) is 5. The zero-order valence-electron chi connectivity index (χ0n) is 12.9. The Balaban J connectivity index is 0.00000242. The maximum atomic E-state index is 12.0. The molecule has 0 saturated heterocycles. The van der Waals surface area contributed by atoms with E-state index in [0.29, 0.717) is 5.13 Å². The van der Waals surface area contributed by atoms with Crippen LogP contribution in [0.4, 0.5) is 5.13 Å². The third kappa shape index (κ3) is 5.05. The van der Waals surface area contributed by atoms with Gasteiger partial charge >= 0.3 is 0 Å². The molecule has 0 radical (unpaired) electrons. The van der Waals surface area contributed by atoms with Crippen LogP contribution in [0.1, 0.15) is 43.8 Å². The molecular formula is C15H21ClN4OS. The summed E-state index contributed by atoms with van der Waals surface area (Å²) in [6.07, 6.45) is 0.217. The minimum Gasteiger partial charge on any atom is -0.324 e. The number of rotatable bonds is 4. The van der Waals surface area contributed by atoms with Crippen molar-refractivity contribution in [3.8, 4) is 0 Å². The molecule has 2 aromatic rings. The first-order chi connectivity index (χ1) is 9.86. The number of nitrogens with two attached hydrogens (primary N) is 1. The Morgan fingerprint density at radius 3 is 2.45 bits per heavy atom. The molecule has 22 heavy (non-hydrogen) atoms.